The molecule has 0 saturated carbocycles. The van der Waals surface area contributed by atoms with E-state index in [1.54, 1.807) is 12.1 Å². The molecule has 2 atom stereocenters. The molecule has 0 aromatic heterocycles. The number of halogens is 1. The van der Waals surface area contributed by atoms with Gasteiger partial charge < -0.3 is 9.80 Å². The molecule has 3 aliphatic rings. The van der Waals surface area contributed by atoms with Crippen molar-refractivity contribution in [2.24, 2.45) is 0 Å². The summed E-state index contributed by atoms with van der Waals surface area (Å²) in [4.78, 5) is 17.5. The van der Waals surface area contributed by atoms with Crippen LogP contribution in [0.1, 0.15) is 46.7 Å². The second kappa shape index (κ2) is 6.75. The number of ketones is 1. The maximum atomic E-state index is 13.0. The molecule has 0 radical (unpaired) electrons. The third kappa shape index (κ3) is 2.96. The molecule has 3 heterocycles. The summed E-state index contributed by atoms with van der Waals surface area (Å²) in [6.45, 7) is 4.06. The number of para-hydroxylation sites is 1. The average molecular weight is 364 g/mol. The van der Waals surface area contributed by atoms with Gasteiger partial charge in [0, 0.05) is 55.8 Å². The summed E-state index contributed by atoms with van der Waals surface area (Å²) < 4.78 is 13.0. The Hall–Kier alpha value is -2.20. The van der Waals surface area contributed by atoms with Crippen molar-refractivity contribution in [2.75, 3.05) is 31.1 Å². The summed E-state index contributed by atoms with van der Waals surface area (Å²) >= 11 is 0. The molecule has 1 saturated heterocycles. The Bertz CT molecular complexity index is 863. The fourth-order valence-electron chi connectivity index (χ4n) is 5.27. The molecule has 27 heavy (non-hydrogen) atoms. The van der Waals surface area contributed by atoms with Crippen molar-refractivity contribution in [1.82, 2.24) is 4.90 Å². The van der Waals surface area contributed by atoms with E-state index >= 15 is 0 Å². The van der Waals surface area contributed by atoms with E-state index in [1.165, 1.54) is 54.8 Å². The molecular weight excluding hydrogens is 339 g/mol. The minimum absolute atomic E-state index is 0.103. The van der Waals surface area contributed by atoms with E-state index in [0.29, 0.717) is 23.9 Å². The van der Waals surface area contributed by atoms with Gasteiger partial charge in [-0.15, -0.1) is 0 Å². The number of nitrogens with zero attached hydrogens (tertiary/aromatic N) is 2. The Kier molecular flexibility index (Phi) is 4.24. The maximum Gasteiger partial charge on any atom is 0.164 e. The molecule has 4 heteroatoms. The number of carbonyl (C=O) groups is 1. The second-order valence-corrected chi connectivity index (χ2v) is 8.10. The maximum absolute atomic E-state index is 13.0. The highest BCUT2D eigenvalue weighted by Gasteiger charge is 2.43. The lowest BCUT2D eigenvalue weighted by molar-refractivity contribution is 0.0952. The smallest absolute Gasteiger partial charge is 0.164 e. The zero-order valence-electron chi connectivity index (χ0n) is 15.5. The second-order valence-electron chi connectivity index (χ2n) is 8.10. The number of aryl methyl sites for hydroxylation is 1. The van der Waals surface area contributed by atoms with E-state index < -0.39 is 0 Å². The molecule has 2 aromatic carbocycles. The van der Waals surface area contributed by atoms with E-state index in [-0.39, 0.29) is 11.6 Å². The van der Waals surface area contributed by atoms with E-state index in [2.05, 4.69) is 28.0 Å². The molecule has 3 aliphatic heterocycles. The molecule has 0 bridgehead atoms. The van der Waals surface area contributed by atoms with Crippen LogP contribution in [-0.2, 0) is 6.42 Å². The molecule has 1 fully saturated rings. The van der Waals surface area contributed by atoms with Gasteiger partial charge in [-0.1, -0.05) is 18.2 Å². The summed E-state index contributed by atoms with van der Waals surface area (Å²) in [5, 5.41) is 0. The SMILES string of the molecule is O=C(CCN1CC[C@H]2[C@@H](C1)c1cccc3c1N2CCC3)c1ccc(F)cc1. The van der Waals surface area contributed by atoms with Gasteiger partial charge in [-0.25, -0.2) is 4.39 Å². The molecule has 0 N–H and O–H groups in total. The number of Topliss-reactive ketones (excluding diaryl/α,β-unsaturated/α-hetero) is 1. The molecule has 0 spiro atoms. The van der Waals surface area contributed by atoms with Gasteiger partial charge in [0.2, 0.25) is 0 Å². The Morgan fingerprint density at radius 1 is 1.11 bits per heavy atom. The molecular formula is C23H25FN2O. The Labute approximate surface area is 159 Å². The highest BCUT2D eigenvalue weighted by Crippen LogP contribution is 2.48. The summed E-state index contributed by atoms with van der Waals surface area (Å²) in [7, 11) is 0. The van der Waals surface area contributed by atoms with Crippen molar-refractivity contribution in [3.8, 4) is 0 Å². The lowest BCUT2D eigenvalue weighted by Crippen LogP contribution is -2.47. The third-order valence-corrected chi connectivity index (χ3v) is 6.56. The molecule has 2 aromatic rings. The zero-order valence-corrected chi connectivity index (χ0v) is 15.5. The highest BCUT2D eigenvalue weighted by atomic mass is 19.1. The predicted octanol–water partition coefficient (Wildman–Crippen LogP) is 4.02. The molecule has 0 aliphatic carbocycles. The number of anilines is 1. The van der Waals surface area contributed by atoms with Gasteiger partial charge in [-0.3, -0.25) is 4.79 Å². The lowest BCUT2D eigenvalue weighted by Gasteiger charge is -2.40. The number of hydrogen-bond donors (Lipinski definition) is 0. The van der Waals surface area contributed by atoms with Gasteiger partial charge in [0.15, 0.2) is 5.78 Å². The average Bonchev–Trinajstić information content (AvgIpc) is 3.02. The number of carbonyl (C=O) groups excluding carboxylic acids is 1. The van der Waals surface area contributed by atoms with Gasteiger partial charge in [0.1, 0.15) is 5.82 Å². The van der Waals surface area contributed by atoms with Crippen molar-refractivity contribution in [3.63, 3.8) is 0 Å². The first-order valence-corrected chi connectivity index (χ1v) is 10.1. The number of likely N-dealkylation sites (tertiary alicyclic amines) is 1. The van der Waals surface area contributed by atoms with Crippen molar-refractivity contribution >= 4 is 11.5 Å². The fourth-order valence-corrected chi connectivity index (χ4v) is 5.27. The summed E-state index contributed by atoms with van der Waals surface area (Å²) in [6.07, 6.45) is 4.13. The fraction of sp³-hybridized carbons (Fsp3) is 0.435. The topological polar surface area (TPSA) is 23.6 Å². The Morgan fingerprint density at radius 3 is 2.81 bits per heavy atom. The largest absolute Gasteiger partial charge is 0.367 e. The van der Waals surface area contributed by atoms with Crippen molar-refractivity contribution < 1.29 is 9.18 Å². The van der Waals surface area contributed by atoms with Gasteiger partial charge in [-0.05, 0) is 54.7 Å². The number of rotatable bonds is 4. The third-order valence-electron chi connectivity index (χ3n) is 6.56. The Morgan fingerprint density at radius 2 is 1.96 bits per heavy atom. The van der Waals surface area contributed by atoms with Crippen LogP contribution in [0, 0.1) is 5.82 Å². The van der Waals surface area contributed by atoms with E-state index in [9.17, 15) is 9.18 Å². The minimum Gasteiger partial charge on any atom is -0.367 e. The van der Waals surface area contributed by atoms with E-state index in [1.807, 2.05) is 0 Å². The van der Waals surface area contributed by atoms with Gasteiger partial charge in [-0.2, -0.15) is 0 Å². The van der Waals surface area contributed by atoms with Crippen LogP contribution in [0.4, 0.5) is 10.1 Å². The lowest BCUT2D eigenvalue weighted by atomic mass is 9.88. The first-order valence-electron chi connectivity index (χ1n) is 10.1. The van der Waals surface area contributed by atoms with Gasteiger partial charge >= 0.3 is 0 Å². The molecule has 5 rings (SSSR count). The summed E-state index contributed by atoms with van der Waals surface area (Å²) in [5.74, 6) is 0.369. The first-order chi connectivity index (χ1) is 13.2. The van der Waals surface area contributed by atoms with Crippen molar-refractivity contribution in [1.29, 1.82) is 0 Å². The van der Waals surface area contributed by atoms with Crippen LogP contribution in [0.15, 0.2) is 42.5 Å². The quantitative estimate of drug-likeness (QED) is 0.766. The monoisotopic (exact) mass is 364 g/mol. The summed E-state index contributed by atoms with van der Waals surface area (Å²) in [6, 6.07) is 13.4. The number of hydrogen-bond acceptors (Lipinski definition) is 3. The van der Waals surface area contributed by atoms with Crippen molar-refractivity contribution in [2.45, 2.75) is 37.6 Å². The van der Waals surface area contributed by atoms with E-state index in [4.69, 9.17) is 0 Å². The van der Waals surface area contributed by atoms with Crippen LogP contribution in [-0.4, -0.2) is 42.9 Å². The zero-order chi connectivity index (χ0) is 18.4. The minimum atomic E-state index is -0.296. The predicted molar refractivity (Wildman–Crippen MR) is 105 cm³/mol. The number of fused-ring (bicyclic) bond motifs is 3. The van der Waals surface area contributed by atoms with Gasteiger partial charge in [0.25, 0.3) is 0 Å². The van der Waals surface area contributed by atoms with Crippen molar-refractivity contribution in [3.05, 3.63) is 65.0 Å². The van der Waals surface area contributed by atoms with Gasteiger partial charge in [0.05, 0.1) is 0 Å². The number of benzene rings is 2. The molecule has 140 valence electrons. The normalized spacial score (nSPS) is 23.8. The molecule has 0 unspecified atom stereocenters. The number of piperidine rings is 1. The highest BCUT2D eigenvalue weighted by molar-refractivity contribution is 5.96. The standard InChI is InChI=1S/C23H25FN2O/c24-18-8-6-16(7-9-18)22(27)11-14-25-13-10-21-20(15-25)19-5-1-3-17-4-2-12-26(21)23(17)19/h1,3,5-9,20-21H,2,4,10-15H2/t20-,21-/m0/s1. The van der Waals surface area contributed by atoms with Crippen LogP contribution >= 0.6 is 0 Å². The van der Waals surface area contributed by atoms with E-state index in [0.717, 1.165) is 19.6 Å². The first kappa shape index (κ1) is 16.9. The van der Waals surface area contributed by atoms with Crippen LogP contribution in [0.2, 0.25) is 0 Å². The van der Waals surface area contributed by atoms with Crippen LogP contribution < -0.4 is 4.90 Å². The van der Waals surface area contributed by atoms with Crippen LogP contribution in [0.5, 0.6) is 0 Å². The summed E-state index contributed by atoms with van der Waals surface area (Å²) in [5.41, 5.74) is 5.17. The van der Waals surface area contributed by atoms with Crippen LogP contribution in [0.3, 0.4) is 0 Å². The molecule has 3 nitrogen and oxygen atoms in total. The van der Waals surface area contributed by atoms with Crippen LogP contribution in [0.25, 0.3) is 0 Å². The molecule has 0 amide bonds. The Balaban J connectivity index is 1.27.